The lowest BCUT2D eigenvalue weighted by Crippen LogP contribution is -2.00. The Bertz CT molecular complexity index is 647. The molecule has 0 heterocycles. The van der Waals surface area contributed by atoms with Crippen molar-refractivity contribution in [1.82, 2.24) is 0 Å². The van der Waals surface area contributed by atoms with Crippen molar-refractivity contribution in [2.45, 2.75) is 13.5 Å². The number of benzene rings is 2. The minimum absolute atomic E-state index is 0.478. The van der Waals surface area contributed by atoms with Crippen LogP contribution >= 0.6 is 27.5 Å². The largest absolute Gasteiger partial charge is 0.381 e. The predicted octanol–water partition coefficient (Wildman–Crippen LogP) is 4.89. The number of aryl methyl sites for hydroxylation is 1. The van der Waals surface area contributed by atoms with E-state index < -0.39 is 0 Å². The fourth-order valence-electron chi connectivity index (χ4n) is 1.67. The third-order valence-corrected chi connectivity index (χ3v) is 4.00. The molecular formula is C15H12BrClN2. The zero-order valence-corrected chi connectivity index (χ0v) is 12.7. The number of nitrogens with one attached hydrogen (secondary N) is 1. The number of anilines is 1. The van der Waals surface area contributed by atoms with Gasteiger partial charge in [-0.15, -0.1) is 0 Å². The molecule has 2 aromatic rings. The zero-order valence-electron chi connectivity index (χ0n) is 10.4. The third-order valence-electron chi connectivity index (χ3n) is 2.82. The first-order valence-corrected chi connectivity index (χ1v) is 6.96. The van der Waals surface area contributed by atoms with Gasteiger partial charge in [0.25, 0.3) is 0 Å². The van der Waals surface area contributed by atoms with E-state index >= 15 is 0 Å². The van der Waals surface area contributed by atoms with Crippen molar-refractivity contribution < 1.29 is 0 Å². The molecule has 0 aliphatic heterocycles. The average molecular weight is 336 g/mol. The van der Waals surface area contributed by atoms with Gasteiger partial charge < -0.3 is 5.32 Å². The molecule has 1 N–H and O–H groups in total. The monoisotopic (exact) mass is 334 g/mol. The Morgan fingerprint density at radius 3 is 2.74 bits per heavy atom. The van der Waals surface area contributed by atoms with Crippen molar-refractivity contribution >= 4 is 33.2 Å². The molecule has 2 aromatic carbocycles. The highest BCUT2D eigenvalue weighted by molar-refractivity contribution is 9.10. The van der Waals surface area contributed by atoms with Crippen molar-refractivity contribution in [2.75, 3.05) is 5.32 Å². The Morgan fingerprint density at radius 2 is 2.05 bits per heavy atom. The number of nitrogens with zero attached hydrogens (tertiary/aromatic N) is 1. The van der Waals surface area contributed by atoms with Gasteiger partial charge >= 0.3 is 0 Å². The van der Waals surface area contributed by atoms with Crippen LogP contribution in [0.3, 0.4) is 0 Å². The third kappa shape index (κ3) is 3.50. The second kappa shape index (κ2) is 6.10. The Morgan fingerprint density at radius 1 is 1.26 bits per heavy atom. The Labute approximate surface area is 126 Å². The van der Waals surface area contributed by atoms with E-state index in [1.54, 1.807) is 12.1 Å². The smallest absolute Gasteiger partial charge is 0.101 e. The Hall–Kier alpha value is -1.50. The van der Waals surface area contributed by atoms with Crippen LogP contribution in [0.15, 0.2) is 40.9 Å². The second-order valence-electron chi connectivity index (χ2n) is 4.24. The van der Waals surface area contributed by atoms with E-state index in [2.05, 4.69) is 52.4 Å². The maximum atomic E-state index is 8.93. The molecule has 0 aliphatic carbocycles. The van der Waals surface area contributed by atoms with Gasteiger partial charge in [0.15, 0.2) is 0 Å². The molecule has 0 aliphatic rings. The molecule has 2 rings (SSSR count). The molecule has 0 bridgehead atoms. The molecule has 19 heavy (non-hydrogen) atoms. The van der Waals surface area contributed by atoms with E-state index in [4.69, 9.17) is 16.9 Å². The number of hydrogen-bond acceptors (Lipinski definition) is 2. The van der Waals surface area contributed by atoms with Crippen LogP contribution in [0.5, 0.6) is 0 Å². The van der Waals surface area contributed by atoms with Crippen molar-refractivity contribution in [1.29, 1.82) is 5.26 Å². The molecular weight excluding hydrogens is 324 g/mol. The summed E-state index contributed by atoms with van der Waals surface area (Å²) in [4.78, 5) is 0. The number of rotatable bonds is 3. The molecule has 2 nitrogen and oxygen atoms in total. The zero-order chi connectivity index (χ0) is 13.8. The van der Waals surface area contributed by atoms with E-state index in [-0.39, 0.29) is 0 Å². The summed E-state index contributed by atoms with van der Waals surface area (Å²) in [6.45, 7) is 2.76. The van der Waals surface area contributed by atoms with Gasteiger partial charge in [0.1, 0.15) is 6.07 Å². The lowest BCUT2D eigenvalue weighted by Gasteiger charge is -2.08. The minimum Gasteiger partial charge on any atom is -0.381 e. The average Bonchev–Trinajstić information content (AvgIpc) is 2.41. The van der Waals surface area contributed by atoms with Crippen LogP contribution < -0.4 is 5.32 Å². The van der Waals surface area contributed by atoms with Crippen molar-refractivity contribution in [2.24, 2.45) is 0 Å². The van der Waals surface area contributed by atoms with Crippen LogP contribution in [-0.4, -0.2) is 0 Å². The molecule has 0 unspecified atom stereocenters. The summed E-state index contributed by atoms with van der Waals surface area (Å²) in [5.74, 6) is 0. The highest BCUT2D eigenvalue weighted by Gasteiger charge is 2.02. The van der Waals surface area contributed by atoms with Gasteiger partial charge in [-0.3, -0.25) is 0 Å². The van der Waals surface area contributed by atoms with Gasteiger partial charge in [-0.05, 0) is 42.3 Å². The van der Waals surface area contributed by atoms with E-state index in [1.165, 1.54) is 11.1 Å². The van der Waals surface area contributed by atoms with Gasteiger partial charge in [0, 0.05) is 16.7 Å². The normalized spacial score (nSPS) is 10.0. The summed E-state index contributed by atoms with van der Waals surface area (Å²) in [7, 11) is 0. The van der Waals surface area contributed by atoms with Crippen molar-refractivity contribution in [3.8, 4) is 6.07 Å². The van der Waals surface area contributed by atoms with Crippen molar-refractivity contribution in [3.63, 3.8) is 0 Å². The summed E-state index contributed by atoms with van der Waals surface area (Å²) in [6.07, 6.45) is 0. The maximum Gasteiger partial charge on any atom is 0.101 e. The standard InChI is InChI=1S/C15H12BrClN2/c1-10-2-3-11(6-14(10)16)9-19-13-4-5-15(17)12(7-13)8-18/h2-7,19H,9H2,1H3. The highest BCUT2D eigenvalue weighted by Crippen LogP contribution is 2.21. The molecule has 4 heteroatoms. The Kier molecular flexibility index (Phi) is 4.47. The van der Waals surface area contributed by atoms with Crippen LogP contribution in [0, 0.1) is 18.3 Å². The van der Waals surface area contributed by atoms with Gasteiger partial charge in [-0.25, -0.2) is 0 Å². The first-order valence-electron chi connectivity index (χ1n) is 5.78. The van der Waals surface area contributed by atoms with Gasteiger partial charge in [-0.1, -0.05) is 39.7 Å². The number of hydrogen-bond donors (Lipinski definition) is 1. The SMILES string of the molecule is Cc1ccc(CNc2ccc(Cl)c(C#N)c2)cc1Br. The fraction of sp³-hybridized carbons (Fsp3) is 0.133. The molecule has 0 atom stereocenters. The topological polar surface area (TPSA) is 35.8 Å². The lowest BCUT2D eigenvalue weighted by molar-refractivity contribution is 1.14. The van der Waals surface area contributed by atoms with Crippen LogP contribution in [0.1, 0.15) is 16.7 Å². The maximum absolute atomic E-state index is 8.93. The molecule has 0 aromatic heterocycles. The van der Waals surface area contributed by atoms with Gasteiger partial charge in [0.2, 0.25) is 0 Å². The fourth-order valence-corrected chi connectivity index (χ4v) is 2.26. The first kappa shape index (κ1) is 13.9. The van der Waals surface area contributed by atoms with Crippen LogP contribution in [0.4, 0.5) is 5.69 Å². The lowest BCUT2D eigenvalue weighted by atomic mass is 10.1. The number of halogens is 2. The van der Waals surface area contributed by atoms with Gasteiger partial charge in [-0.2, -0.15) is 5.26 Å². The van der Waals surface area contributed by atoms with Crippen molar-refractivity contribution in [3.05, 3.63) is 62.6 Å². The number of nitriles is 1. The van der Waals surface area contributed by atoms with E-state index in [0.29, 0.717) is 17.1 Å². The van der Waals surface area contributed by atoms with Crippen LogP contribution in [0.2, 0.25) is 5.02 Å². The molecule has 0 radical (unpaired) electrons. The molecule has 0 amide bonds. The van der Waals surface area contributed by atoms with E-state index in [1.807, 2.05) is 6.07 Å². The minimum atomic E-state index is 0.478. The summed E-state index contributed by atoms with van der Waals surface area (Å²) in [6, 6.07) is 13.7. The van der Waals surface area contributed by atoms with Crippen LogP contribution in [0.25, 0.3) is 0 Å². The molecule has 96 valence electrons. The van der Waals surface area contributed by atoms with E-state index in [0.717, 1.165) is 10.2 Å². The van der Waals surface area contributed by atoms with Gasteiger partial charge in [0.05, 0.1) is 10.6 Å². The Balaban J connectivity index is 2.10. The summed E-state index contributed by atoms with van der Waals surface area (Å²) < 4.78 is 1.10. The summed E-state index contributed by atoms with van der Waals surface area (Å²) in [5, 5.41) is 12.7. The van der Waals surface area contributed by atoms with E-state index in [9.17, 15) is 0 Å². The second-order valence-corrected chi connectivity index (χ2v) is 5.51. The molecule has 0 saturated carbocycles. The first-order chi connectivity index (χ1) is 9.10. The summed E-state index contributed by atoms with van der Waals surface area (Å²) in [5.41, 5.74) is 3.75. The highest BCUT2D eigenvalue weighted by atomic mass is 79.9. The molecule has 0 spiro atoms. The predicted molar refractivity (Wildman–Crippen MR) is 82.4 cm³/mol. The molecule has 0 saturated heterocycles. The quantitative estimate of drug-likeness (QED) is 0.866. The van der Waals surface area contributed by atoms with Crippen LogP contribution in [-0.2, 0) is 6.54 Å². The molecule has 0 fully saturated rings. The summed E-state index contributed by atoms with van der Waals surface area (Å²) >= 11 is 9.41.